The molecule has 1 saturated heterocycles. The average Bonchev–Trinajstić information content (AvgIpc) is 3.32. The number of rotatable bonds is 6. The number of aromatic amines is 1. The molecule has 5 rings (SSSR count). The number of hydrogen-bond acceptors (Lipinski definition) is 6. The maximum absolute atomic E-state index is 13.0. The Labute approximate surface area is 231 Å². The Kier molecular flexibility index (Phi) is 7.59. The fourth-order valence-electron chi connectivity index (χ4n) is 4.84. The minimum Gasteiger partial charge on any atom is -0.493 e. The van der Waals surface area contributed by atoms with Gasteiger partial charge in [0.2, 0.25) is 5.91 Å². The summed E-state index contributed by atoms with van der Waals surface area (Å²) in [5.74, 6) is 6.54. The molecule has 2 aromatic heterocycles. The molecular weight excluding hydrogens is 518 g/mol. The normalized spacial score (nSPS) is 15.7. The molecule has 10 heteroatoms. The topological polar surface area (TPSA) is 117 Å². The van der Waals surface area contributed by atoms with Crippen molar-refractivity contribution in [1.29, 1.82) is 0 Å². The van der Waals surface area contributed by atoms with Crippen molar-refractivity contribution in [2.24, 2.45) is 0 Å². The largest absolute Gasteiger partial charge is 0.493 e. The first-order valence-corrected chi connectivity index (χ1v) is 12.9. The monoisotopic (exact) mass is 545 g/mol. The lowest BCUT2D eigenvalue weighted by molar-refractivity contribution is -0.118. The molecule has 4 heterocycles. The van der Waals surface area contributed by atoms with Crippen LogP contribution in [0, 0.1) is 11.8 Å². The third kappa shape index (κ3) is 5.35. The Morgan fingerprint density at radius 2 is 2.13 bits per heavy atom. The molecule has 0 saturated carbocycles. The highest BCUT2D eigenvalue weighted by atomic mass is 35.5. The second kappa shape index (κ2) is 11.2. The number of H-pyrrole nitrogens is 1. The van der Waals surface area contributed by atoms with E-state index in [2.05, 4.69) is 44.3 Å². The second-order valence-electron chi connectivity index (χ2n) is 9.24. The number of pyridine rings is 1. The van der Waals surface area contributed by atoms with Gasteiger partial charge >= 0.3 is 0 Å². The molecule has 200 valence electrons. The van der Waals surface area contributed by atoms with E-state index in [9.17, 15) is 9.59 Å². The zero-order chi connectivity index (χ0) is 27.4. The van der Waals surface area contributed by atoms with Crippen molar-refractivity contribution in [2.75, 3.05) is 32.2 Å². The van der Waals surface area contributed by atoms with Gasteiger partial charge in [0.05, 0.1) is 40.3 Å². The standard InChI is InChI=1S/C29H28ClN5O4/c1-3-23(36)35-29(11-15-39-16-12-29)10-7-18-17-31-13-8-19(18)25-26(24-21(33-25)9-14-32-28(24)37)34-22-6-4-5-20(30)27(22)38-2/h3-6,8,13,17,33-34H,1,9,11-12,14-16H2,2H3,(H,32,37)(H,35,36). The molecular formula is C29H28ClN5O4. The van der Waals surface area contributed by atoms with Gasteiger partial charge in [0.15, 0.2) is 5.75 Å². The summed E-state index contributed by atoms with van der Waals surface area (Å²) < 4.78 is 11.0. The third-order valence-corrected chi connectivity index (χ3v) is 7.11. The van der Waals surface area contributed by atoms with E-state index >= 15 is 0 Å². The van der Waals surface area contributed by atoms with Gasteiger partial charge in [-0.05, 0) is 24.3 Å². The summed E-state index contributed by atoms with van der Waals surface area (Å²) in [4.78, 5) is 33.0. The van der Waals surface area contributed by atoms with Gasteiger partial charge in [-0.2, -0.15) is 0 Å². The van der Waals surface area contributed by atoms with Crippen molar-refractivity contribution < 1.29 is 19.1 Å². The van der Waals surface area contributed by atoms with Gasteiger partial charge < -0.3 is 30.4 Å². The Morgan fingerprint density at radius 1 is 1.31 bits per heavy atom. The quantitative estimate of drug-likeness (QED) is 0.275. The number of methoxy groups -OCH3 is 1. The van der Waals surface area contributed by atoms with Crippen LogP contribution in [0.5, 0.6) is 5.75 Å². The summed E-state index contributed by atoms with van der Waals surface area (Å²) in [6.45, 7) is 5.07. The molecule has 1 aromatic carbocycles. The molecule has 2 aliphatic heterocycles. The predicted octanol–water partition coefficient (Wildman–Crippen LogP) is 3.97. The van der Waals surface area contributed by atoms with Gasteiger partial charge in [-0.1, -0.05) is 36.1 Å². The van der Waals surface area contributed by atoms with E-state index in [0.29, 0.717) is 78.0 Å². The molecule has 3 aromatic rings. The SMILES string of the molecule is C=CC(=O)NC1(C#Cc2cnccc2-c2[nH]c3c(c2Nc2cccc(Cl)c2OC)C(=O)NCC3)CCOCC1. The number of anilines is 2. The molecule has 0 radical (unpaired) electrons. The van der Waals surface area contributed by atoms with Crippen LogP contribution in [-0.2, 0) is 16.0 Å². The molecule has 0 spiro atoms. The van der Waals surface area contributed by atoms with Gasteiger partial charge in [0, 0.05) is 62.7 Å². The van der Waals surface area contributed by atoms with E-state index in [4.69, 9.17) is 21.1 Å². The van der Waals surface area contributed by atoms with Crippen LogP contribution in [0.25, 0.3) is 11.3 Å². The van der Waals surface area contributed by atoms with Crippen LogP contribution in [0.2, 0.25) is 5.02 Å². The number of amides is 2. The summed E-state index contributed by atoms with van der Waals surface area (Å²) in [5.41, 5.74) is 3.85. The summed E-state index contributed by atoms with van der Waals surface area (Å²) in [5, 5.41) is 9.74. The lowest BCUT2D eigenvalue weighted by Gasteiger charge is -2.33. The number of nitrogens with one attached hydrogen (secondary N) is 4. The fourth-order valence-corrected chi connectivity index (χ4v) is 5.09. The van der Waals surface area contributed by atoms with E-state index in [1.54, 1.807) is 31.6 Å². The van der Waals surface area contributed by atoms with Crippen molar-refractivity contribution >= 4 is 34.8 Å². The molecule has 2 amide bonds. The van der Waals surface area contributed by atoms with Gasteiger partial charge in [-0.25, -0.2) is 0 Å². The van der Waals surface area contributed by atoms with E-state index in [-0.39, 0.29) is 11.8 Å². The first-order chi connectivity index (χ1) is 18.9. The van der Waals surface area contributed by atoms with Crippen LogP contribution >= 0.6 is 11.6 Å². The van der Waals surface area contributed by atoms with Gasteiger partial charge in [0.1, 0.15) is 5.54 Å². The van der Waals surface area contributed by atoms with Crippen molar-refractivity contribution in [3.05, 3.63) is 71.2 Å². The van der Waals surface area contributed by atoms with Crippen molar-refractivity contribution in [3.8, 4) is 28.8 Å². The van der Waals surface area contributed by atoms with Crippen LogP contribution in [0.3, 0.4) is 0 Å². The van der Waals surface area contributed by atoms with Crippen LogP contribution < -0.4 is 20.7 Å². The number of halogens is 1. The summed E-state index contributed by atoms with van der Waals surface area (Å²) in [6.07, 6.45) is 6.33. The van der Waals surface area contributed by atoms with Gasteiger partial charge in [0.25, 0.3) is 5.91 Å². The molecule has 0 bridgehead atoms. The lowest BCUT2D eigenvalue weighted by Crippen LogP contribution is -2.50. The highest BCUT2D eigenvalue weighted by Crippen LogP contribution is 2.41. The lowest BCUT2D eigenvalue weighted by atomic mass is 9.90. The first kappa shape index (κ1) is 26.4. The van der Waals surface area contributed by atoms with Crippen molar-refractivity contribution in [1.82, 2.24) is 20.6 Å². The highest BCUT2D eigenvalue weighted by Gasteiger charge is 2.32. The van der Waals surface area contributed by atoms with Crippen LogP contribution in [0.15, 0.2) is 49.3 Å². The Hall–Kier alpha value is -4.26. The predicted molar refractivity (Wildman–Crippen MR) is 149 cm³/mol. The Bertz CT molecular complexity index is 1500. The Morgan fingerprint density at radius 3 is 2.90 bits per heavy atom. The van der Waals surface area contributed by atoms with E-state index in [1.807, 2.05) is 12.1 Å². The van der Waals surface area contributed by atoms with Crippen LogP contribution in [0.1, 0.15) is 34.5 Å². The van der Waals surface area contributed by atoms with Crippen molar-refractivity contribution in [2.45, 2.75) is 24.8 Å². The Balaban J connectivity index is 1.62. The molecule has 0 atom stereocenters. The zero-order valence-corrected chi connectivity index (χ0v) is 22.2. The molecule has 0 unspecified atom stereocenters. The average molecular weight is 546 g/mol. The molecule has 9 nitrogen and oxygen atoms in total. The van der Waals surface area contributed by atoms with Crippen molar-refractivity contribution in [3.63, 3.8) is 0 Å². The minimum absolute atomic E-state index is 0.183. The minimum atomic E-state index is -0.749. The van der Waals surface area contributed by atoms with E-state index in [0.717, 1.165) is 11.3 Å². The number of benzene rings is 1. The van der Waals surface area contributed by atoms with Crippen LogP contribution in [0.4, 0.5) is 11.4 Å². The highest BCUT2D eigenvalue weighted by molar-refractivity contribution is 6.32. The molecule has 1 fully saturated rings. The first-order valence-electron chi connectivity index (χ1n) is 12.6. The summed E-state index contributed by atoms with van der Waals surface area (Å²) in [7, 11) is 1.54. The zero-order valence-electron chi connectivity index (χ0n) is 21.4. The number of fused-ring (bicyclic) bond motifs is 1. The number of ether oxygens (including phenoxy) is 2. The molecule has 2 aliphatic rings. The number of carbonyl (C=O) groups excluding carboxylic acids is 2. The molecule has 4 N–H and O–H groups in total. The summed E-state index contributed by atoms with van der Waals surface area (Å²) in [6, 6.07) is 7.22. The number of nitrogens with zero attached hydrogens (tertiary/aromatic N) is 1. The number of para-hydroxylation sites is 1. The molecule has 0 aliphatic carbocycles. The smallest absolute Gasteiger partial charge is 0.255 e. The maximum Gasteiger partial charge on any atom is 0.255 e. The second-order valence-corrected chi connectivity index (χ2v) is 9.65. The van der Waals surface area contributed by atoms with E-state index < -0.39 is 5.54 Å². The molecule has 39 heavy (non-hydrogen) atoms. The summed E-state index contributed by atoms with van der Waals surface area (Å²) >= 11 is 6.37. The van der Waals surface area contributed by atoms with Crippen LogP contribution in [-0.4, -0.2) is 54.2 Å². The number of hydrogen-bond donors (Lipinski definition) is 4. The maximum atomic E-state index is 13.0. The third-order valence-electron chi connectivity index (χ3n) is 6.82. The van der Waals surface area contributed by atoms with E-state index in [1.165, 1.54) is 6.08 Å². The number of aromatic nitrogens is 2. The van der Waals surface area contributed by atoms with Gasteiger partial charge in [-0.3, -0.25) is 14.6 Å². The fraction of sp³-hybridized carbons (Fsp3) is 0.276. The van der Waals surface area contributed by atoms with Gasteiger partial charge in [-0.15, -0.1) is 0 Å². The number of carbonyl (C=O) groups is 2.